The molecule has 28 heavy (non-hydrogen) atoms. The standard InChI is InChI=1S/C19H17I2N3O3S/c1-28-13-4-2-12(3-5-13)18(26)24-16(19(27)23-7-6-22)10-11-8-14(20)17(25)15(21)9-11/h2-5,8-9,16,25H,7,10H2,1H3,(H,23,27)(H,24,26)/t16-/m0/s1. The first-order chi connectivity index (χ1) is 13.3. The number of hydrogen-bond acceptors (Lipinski definition) is 5. The maximum atomic E-state index is 12.6. The van der Waals surface area contributed by atoms with E-state index in [9.17, 15) is 14.7 Å². The number of carbonyl (C=O) groups excluding carboxylic acids is 2. The molecule has 0 aliphatic heterocycles. The lowest BCUT2D eigenvalue weighted by Gasteiger charge is -2.19. The van der Waals surface area contributed by atoms with Crippen molar-refractivity contribution in [3.8, 4) is 11.8 Å². The van der Waals surface area contributed by atoms with Gasteiger partial charge in [0.1, 0.15) is 18.3 Å². The summed E-state index contributed by atoms with van der Waals surface area (Å²) in [4.78, 5) is 26.1. The molecule has 0 saturated heterocycles. The monoisotopic (exact) mass is 621 g/mol. The van der Waals surface area contributed by atoms with E-state index in [2.05, 4.69) is 10.6 Å². The number of amides is 2. The molecule has 0 aromatic heterocycles. The number of halogens is 2. The lowest BCUT2D eigenvalue weighted by molar-refractivity contribution is -0.122. The molecule has 0 bridgehead atoms. The predicted octanol–water partition coefficient (Wildman–Crippen LogP) is 3.30. The summed E-state index contributed by atoms with van der Waals surface area (Å²) in [6.07, 6.45) is 2.18. The number of aromatic hydroxyl groups is 1. The van der Waals surface area contributed by atoms with Crippen molar-refractivity contribution < 1.29 is 14.7 Å². The Morgan fingerprint density at radius 1 is 1.21 bits per heavy atom. The van der Waals surface area contributed by atoms with E-state index in [1.165, 1.54) is 0 Å². The molecule has 6 nitrogen and oxygen atoms in total. The quantitative estimate of drug-likeness (QED) is 0.251. The summed E-state index contributed by atoms with van der Waals surface area (Å²) in [5, 5.41) is 23.9. The van der Waals surface area contributed by atoms with Crippen LogP contribution in [0.1, 0.15) is 15.9 Å². The fourth-order valence-corrected chi connectivity index (χ4v) is 4.72. The smallest absolute Gasteiger partial charge is 0.251 e. The van der Waals surface area contributed by atoms with Gasteiger partial charge in [0.25, 0.3) is 5.91 Å². The largest absolute Gasteiger partial charge is 0.506 e. The molecule has 2 amide bonds. The minimum atomic E-state index is -0.850. The number of nitriles is 1. The van der Waals surface area contributed by atoms with E-state index in [0.717, 1.165) is 10.5 Å². The third-order valence-corrected chi connectivity index (χ3v) is 6.22. The lowest BCUT2D eigenvalue weighted by atomic mass is 10.0. The maximum Gasteiger partial charge on any atom is 0.251 e. The Morgan fingerprint density at radius 2 is 1.82 bits per heavy atom. The maximum absolute atomic E-state index is 12.6. The molecule has 0 heterocycles. The van der Waals surface area contributed by atoms with Gasteiger partial charge in [-0.05, 0) is 93.4 Å². The highest BCUT2D eigenvalue weighted by Gasteiger charge is 2.22. The van der Waals surface area contributed by atoms with Gasteiger partial charge in [-0.25, -0.2) is 0 Å². The van der Waals surface area contributed by atoms with Gasteiger partial charge in [-0.3, -0.25) is 9.59 Å². The van der Waals surface area contributed by atoms with Crippen LogP contribution in [0.25, 0.3) is 0 Å². The normalized spacial score (nSPS) is 11.4. The van der Waals surface area contributed by atoms with Crippen molar-refractivity contribution in [1.29, 1.82) is 5.26 Å². The third kappa shape index (κ3) is 6.25. The van der Waals surface area contributed by atoms with Crippen molar-refractivity contribution >= 4 is 68.8 Å². The summed E-state index contributed by atoms with van der Waals surface area (Å²) in [5.74, 6) is -0.616. The van der Waals surface area contributed by atoms with E-state index >= 15 is 0 Å². The van der Waals surface area contributed by atoms with Crippen LogP contribution in [0.3, 0.4) is 0 Å². The Balaban J connectivity index is 2.22. The molecular weight excluding hydrogens is 604 g/mol. The number of nitrogens with one attached hydrogen (secondary N) is 2. The molecule has 2 aromatic carbocycles. The molecular formula is C19H17I2N3O3S. The zero-order chi connectivity index (χ0) is 20.7. The second-order valence-corrected chi connectivity index (χ2v) is 8.95. The molecule has 0 fully saturated rings. The van der Waals surface area contributed by atoms with Gasteiger partial charge < -0.3 is 15.7 Å². The van der Waals surface area contributed by atoms with Gasteiger partial charge in [-0.2, -0.15) is 5.26 Å². The lowest BCUT2D eigenvalue weighted by Crippen LogP contribution is -2.48. The Bertz CT molecular complexity index is 891. The molecule has 1 atom stereocenters. The molecule has 0 saturated carbocycles. The summed E-state index contributed by atoms with van der Waals surface area (Å²) in [7, 11) is 0. The van der Waals surface area contributed by atoms with Gasteiger partial charge in [-0.15, -0.1) is 11.8 Å². The van der Waals surface area contributed by atoms with Crippen molar-refractivity contribution in [1.82, 2.24) is 10.6 Å². The Kier molecular flexibility index (Phi) is 8.84. The number of rotatable bonds is 7. The molecule has 0 spiro atoms. The Hall–Kier alpha value is -1.52. The molecule has 2 aromatic rings. The number of phenols is 1. The fraction of sp³-hybridized carbons (Fsp3) is 0.211. The summed E-state index contributed by atoms with van der Waals surface area (Å²) >= 11 is 5.61. The van der Waals surface area contributed by atoms with Crippen LogP contribution in [0.15, 0.2) is 41.3 Å². The number of thioether (sulfide) groups is 1. The molecule has 2 rings (SSSR count). The SMILES string of the molecule is CSc1ccc(C(=O)N[C@@H](Cc2cc(I)c(O)c(I)c2)C(=O)NCC#N)cc1. The number of nitrogens with zero attached hydrogens (tertiary/aromatic N) is 1. The second-order valence-electron chi connectivity index (χ2n) is 5.74. The molecule has 0 aliphatic rings. The zero-order valence-corrected chi connectivity index (χ0v) is 20.0. The van der Waals surface area contributed by atoms with Crippen LogP contribution in [0, 0.1) is 18.5 Å². The highest BCUT2D eigenvalue weighted by atomic mass is 127. The average Bonchev–Trinajstić information content (AvgIpc) is 2.69. The van der Waals surface area contributed by atoms with Gasteiger partial charge in [0.05, 0.1) is 13.2 Å². The summed E-state index contributed by atoms with van der Waals surface area (Å²) < 4.78 is 1.32. The van der Waals surface area contributed by atoms with Crippen molar-refractivity contribution in [2.24, 2.45) is 0 Å². The Morgan fingerprint density at radius 3 is 2.36 bits per heavy atom. The third-order valence-electron chi connectivity index (χ3n) is 3.83. The van der Waals surface area contributed by atoms with Crippen molar-refractivity contribution in [3.05, 3.63) is 54.7 Å². The van der Waals surface area contributed by atoms with E-state index < -0.39 is 11.9 Å². The first-order valence-corrected chi connectivity index (χ1v) is 11.5. The van der Waals surface area contributed by atoms with Crippen LogP contribution < -0.4 is 10.6 Å². The summed E-state index contributed by atoms with van der Waals surface area (Å²) in [6.45, 7) is -0.141. The van der Waals surface area contributed by atoms with Gasteiger partial charge >= 0.3 is 0 Å². The molecule has 0 radical (unpaired) electrons. The van der Waals surface area contributed by atoms with Crippen molar-refractivity contribution in [2.75, 3.05) is 12.8 Å². The Labute approximate surface area is 194 Å². The summed E-state index contributed by atoms with van der Waals surface area (Å²) in [5.41, 5.74) is 1.24. The zero-order valence-electron chi connectivity index (χ0n) is 14.8. The number of benzene rings is 2. The van der Waals surface area contributed by atoms with E-state index in [4.69, 9.17) is 5.26 Å². The van der Waals surface area contributed by atoms with Crippen LogP contribution >= 0.6 is 56.9 Å². The first kappa shape index (κ1) is 22.8. The molecule has 0 unspecified atom stereocenters. The van der Waals surface area contributed by atoms with E-state index in [0.29, 0.717) is 12.7 Å². The molecule has 0 aliphatic carbocycles. The van der Waals surface area contributed by atoms with E-state index in [1.807, 2.05) is 69.6 Å². The minimum absolute atomic E-state index is 0.141. The first-order valence-electron chi connectivity index (χ1n) is 8.12. The van der Waals surface area contributed by atoms with E-state index in [1.54, 1.807) is 36.0 Å². The van der Waals surface area contributed by atoms with Crippen molar-refractivity contribution in [3.63, 3.8) is 0 Å². The number of carbonyl (C=O) groups is 2. The average molecular weight is 621 g/mol. The molecule has 3 N–H and O–H groups in total. The highest BCUT2D eigenvalue weighted by molar-refractivity contribution is 14.1. The van der Waals surface area contributed by atoms with Gasteiger partial charge in [0.2, 0.25) is 5.91 Å². The number of phenolic OH excluding ortho intramolecular Hbond substituents is 1. The van der Waals surface area contributed by atoms with Crippen LogP contribution in [-0.4, -0.2) is 35.8 Å². The van der Waals surface area contributed by atoms with Gasteiger partial charge in [0, 0.05) is 16.9 Å². The van der Waals surface area contributed by atoms with Crippen LogP contribution in [-0.2, 0) is 11.2 Å². The van der Waals surface area contributed by atoms with E-state index in [-0.39, 0.29) is 24.6 Å². The molecule has 146 valence electrons. The van der Waals surface area contributed by atoms with Gasteiger partial charge in [-0.1, -0.05) is 0 Å². The van der Waals surface area contributed by atoms with Crippen LogP contribution in [0.2, 0.25) is 0 Å². The minimum Gasteiger partial charge on any atom is -0.506 e. The van der Waals surface area contributed by atoms with Crippen molar-refractivity contribution in [2.45, 2.75) is 17.4 Å². The highest BCUT2D eigenvalue weighted by Crippen LogP contribution is 2.28. The second kappa shape index (κ2) is 10.9. The molecule has 9 heteroatoms. The van der Waals surface area contributed by atoms with Gasteiger partial charge in [0.15, 0.2) is 0 Å². The summed E-state index contributed by atoms with van der Waals surface area (Å²) in [6, 6.07) is 11.6. The fourth-order valence-electron chi connectivity index (χ4n) is 2.41. The van der Waals surface area contributed by atoms with Crippen LogP contribution in [0.4, 0.5) is 0 Å². The predicted molar refractivity (Wildman–Crippen MR) is 125 cm³/mol. The van der Waals surface area contributed by atoms with Crippen LogP contribution in [0.5, 0.6) is 5.75 Å². The topological polar surface area (TPSA) is 102 Å². The number of hydrogen-bond donors (Lipinski definition) is 3.